The van der Waals surface area contributed by atoms with E-state index in [1.807, 2.05) is 0 Å². The third-order valence-corrected chi connectivity index (χ3v) is 3.35. The number of ether oxygens (including phenoxy) is 1. The van der Waals surface area contributed by atoms with Crippen molar-refractivity contribution in [3.05, 3.63) is 23.8 Å². The Hall–Kier alpha value is -1.92. The van der Waals surface area contributed by atoms with Crippen LogP contribution in [-0.2, 0) is 0 Å². The summed E-state index contributed by atoms with van der Waals surface area (Å²) in [6.45, 7) is -1.41. The molecule has 0 saturated heterocycles. The molecule has 0 bridgehead atoms. The van der Waals surface area contributed by atoms with E-state index >= 15 is 0 Å². The molecule has 1 saturated carbocycles. The zero-order valence-electron chi connectivity index (χ0n) is 11.4. The smallest absolute Gasteiger partial charge is 0.422 e. The molecule has 1 aromatic carbocycles. The summed E-state index contributed by atoms with van der Waals surface area (Å²) < 4.78 is 40.8. The number of nitrogens with two attached hydrogens (primary N) is 1. The Morgan fingerprint density at radius 3 is 2.57 bits per heavy atom. The van der Waals surface area contributed by atoms with E-state index in [2.05, 4.69) is 10.1 Å². The Kier molecular flexibility index (Phi) is 4.59. The molecule has 1 aliphatic carbocycles. The molecule has 1 fully saturated rings. The van der Waals surface area contributed by atoms with Gasteiger partial charge in [-0.25, -0.2) is 0 Å². The molecule has 0 unspecified atom stereocenters. The number of carbonyl (C=O) groups is 1. The largest absolute Gasteiger partial charge is 0.482 e. The number of anilines is 1. The molecule has 7 heteroatoms. The molecule has 0 aliphatic heterocycles. The van der Waals surface area contributed by atoms with Crippen molar-refractivity contribution in [1.29, 1.82) is 0 Å². The van der Waals surface area contributed by atoms with Gasteiger partial charge >= 0.3 is 6.18 Å². The van der Waals surface area contributed by atoms with Crippen LogP contribution >= 0.6 is 0 Å². The first-order valence-corrected chi connectivity index (χ1v) is 6.75. The van der Waals surface area contributed by atoms with Crippen LogP contribution in [0.25, 0.3) is 0 Å². The SMILES string of the molecule is Nc1cc(C(=O)NC2CCCC2)ccc1OCC(F)(F)F. The summed E-state index contributed by atoms with van der Waals surface area (Å²) in [4.78, 5) is 12.0. The quantitative estimate of drug-likeness (QED) is 0.841. The van der Waals surface area contributed by atoms with E-state index in [-0.39, 0.29) is 23.4 Å². The van der Waals surface area contributed by atoms with E-state index in [1.54, 1.807) is 0 Å². The summed E-state index contributed by atoms with van der Waals surface area (Å²) in [6, 6.07) is 4.19. The maximum atomic E-state index is 12.1. The molecule has 1 aliphatic rings. The highest BCUT2D eigenvalue weighted by Gasteiger charge is 2.28. The second kappa shape index (κ2) is 6.24. The molecular formula is C14H17F3N2O2. The third kappa shape index (κ3) is 4.54. The van der Waals surface area contributed by atoms with Crippen LogP contribution in [0.1, 0.15) is 36.0 Å². The van der Waals surface area contributed by atoms with Crippen LogP contribution in [-0.4, -0.2) is 24.7 Å². The van der Waals surface area contributed by atoms with Gasteiger partial charge in [0, 0.05) is 11.6 Å². The van der Waals surface area contributed by atoms with Gasteiger partial charge < -0.3 is 15.8 Å². The maximum Gasteiger partial charge on any atom is 0.422 e. The molecule has 116 valence electrons. The fourth-order valence-electron chi connectivity index (χ4n) is 2.32. The highest BCUT2D eigenvalue weighted by molar-refractivity contribution is 5.95. The number of amides is 1. The van der Waals surface area contributed by atoms with Crippen LogP contribution in [0, 0.1) is 0 Å². The molecule has 1 amide bonds. The van der Waals surface area contributed by atoms with Gasteiger partial charge in [0.1, 0.15) is 5.75 Å². The first-order valence-electron chi connectivity index (χ1n) is 6.75. The lowest BCUT2D eigenvalue weighted by Gasteiger charge is -2.14. The van der Waals surface area contributed by atoms with Gasteiger partial charge in [0.15, 0.2) is 6.61 Å². The standard InChI is InChI=1S/C14H17F3N2O2/c15-14(16,17)8-21-12-6-5-9(7-11(12)18)13(20)19-10-3-1-2-4-10/h5-7,10H,1-4,8,18H2,(H,19,20). The summed E-state index contributed by atoms with van der Waals surface area (Å²) in [5.41, 5.74) is 5.95. The monoisotopic (exact) mass is 302 g/mol. The molecule has 1 aromatic rings. The van der Waals surface area contributed by atoms with E-state index in [1.165, 1.54) is 18.2 Å². The Morgan fingerprint density at radius 2 is 2.00 bits per heavy atom. The number of nitrogen functional groups attached to an aromatic ring is 1. The highest BCUT2D eigenvalue weighted by Crippen LogP contribution is 2.25. The molecule has 2 rings (SSSR count). The van der Waals surface area contributed by atoms with Gasteiger partial charge in [0.25, 0.3) is 5.91 Å². The molecule has 0 aromatic heterocycles. The fourth-order valence-corrected chi connectivity index (χ4v) is 2.32. The van der Waals surface area contributed by atoms with Gasteiger partial charge in [0.05, 0.1) is 5.69 Å². The minimum absolute atomic E-state index is 0.0123. The molecule has 4 nitrogen and oxygen atoms in total. The van der Waals surface area contributed by atoms with Crippen LogP contribution in [0.2, 0.25) is 0 Å². The predicted octanol–water partition coefficient (Wildman–Crippen LogP) is 2.88. The van der Waals surface area contributed by atoms with Crippen LogP contribution in [0.15, 0.2) is 18.2 Å². The summed E-state index contributed by atoms with van der Waals surface area (Å²) in [5.74, 6) is -0.347. The number of halogens is 3. The Morgan fingerprint density at radius 1 is 1.33 bits per heavy atom. The van der Waals surface area contributed by atoms with Crippen molar-refractivity contribution in [3.8, 4) is 5.75 Å². The lowest BCUT2D eigenvalue weighted by atomic mass is 10.1. The highest BCUT2D eigenvalue weighted by atomic mass is 19.4. The number of nitrogens with one attached hydrogen (secondary N) is 1. The third-order valence-electron chi connectivity index (χ3n) is 3.35. The molecule has 0 radical (unpaired) electrons. The normalized spacial score (nSPS) is 16.0. The van der Waals surface area contributed by atoms with Crippen molar-refractivity contribution in [3.63, 3.8) is 0 Å². The van der Waals surface area contributed by atoms with E-state index in [4.69, 9.17) is 5.73 Å². The summed E-state index contributed by atoms with van der Waals surface area (Å²) in [5, 5.41) is 2.88. The van der Waals surface area contributed by atoms with Crippen LogP contribution < -0.4 is 15.8 Å². The lowest BCUT2D eigenvalue weighted by molar-refractivity contribution is -0.153. The van der Waals surface area contributed by atoms with Crippen molar-refractivity contribution >= 4 is 11.6 Å². The first-order chi connectivity index (χ1) is 9.85. The number of hydrogen-bond donors (Lipinski definition) is 2. The van der Waals surface area contributed by atoms with Crippen LogP contribution in [0.4, 0.5) is 18.9 Å². The summed E-state index contributed by atoms with van der Waals surface area (Å²) in [6.07, 6.45) is -0.332. The van der Waals surface area contributed by atoms with Gasteiger partial charge in [0.2, 0.25) is 0 Å². The second-order valence-corrected chi connectivity index (χ2v) is 5.11. The van der Waals surface area contributed by atoms with Gasteiger partial charge in [-0.2, -0.15) is 13.2 Å². The minimum atomic E-state index is -4.43. The zero-order chi connectivity index (χ0) is 15.5. The molecule has 0 heterocycles. The number of alkyl halides is 3. The van der Waals surface area contributed by atoms with E-state index in [0.717, 1.165) is 25.7 Å². The number of benzene rings is 1. The lowest BCUT2D eigenvalue weighted by Crippen LogP contribution is -2.32. The summed E-state index contributed by atoms with van der Waals surface area (Å²) >= 11 is 0. The van der Waals surface area contributed by atoms with Crippen molar-refractivity contribution in [2.24, 2.45) is 0 Å². The minimum Gasteiger partial charge on any atom is -0.482 e. The predicted molar refractivity (Wildman–Crippen MR) is 72.1 cm³/mol. The molecule has 0 spiro atoms. The van der Waals surface area contributed by atoms with Gasteiger partial charge in [-0.1, -0.05) is 12.8 Å². The number of rotatable bonds is 4. The number of carbonyl (C=O) groups excluding carboxylic acids is 1. The van der Waals surface area contributed by atoms with Crippen LogP contribution in [0.5, 0.6) is 5.75 Å². The molecule has 3 N–H and O–H groups in total. The van der Waals surface area contributed by atoms with Crippen molar-refractivity contribution in [2.75, 3.05) is 12.3 Å². The van der Waals surface area contributed by atoms with E-state index < -0.39 is 12.8 Å². The van der Waals surface area contributed by atoms with Crippen molar-refractivity contribution < 1.29 is 22.7 Å². The average Bonchev–Trinajstić information content (AvgIpc) is 2.89. The Balaban J connectivity index is 1.99. The van der Waals surface area contributed by atoms with Gasteiger partial charge in [-0.15, -0.1) is 0 Å². The zero-order valence-corrected chi connectivity index (χ0v) is 11.4. The van der Waals surface area contributed by atoms with E-state index in [0.29, 0.717) is 5.56 Å². The average molecular weight is 302 g/mol. The van der Waals surface area contributed by atoms with Gasteiger partial charge in [-0.3, -0.25) is 4.79 Å². The Labute approximate surface area is 120 Å². The maximum absolute atomic E-state index is 12.1. The molecule has 21 heavy (non-hydrogen) atoms. The number of hydrogen-bond acceptors (Lipinski definition) is 3. The Bertz CT molecular complexity index is 511. The topological polar surface area (TPSA) is 64.4 Å². The fraction of sp³-hybridized carbons (Fsp3) is 0.500. The van der Waals surface area contributed by atoms with Crippen LogP contribution in [0.3, 0.4) is 0 Å². The molecular weight excluding hydrogens is 285 g/mol. The van der Waals surface area contributed by atoms with Crippen molar-refractivity contribution in [2.45, 2.75) is 37.9 Å². The van der Waals surface area contributed by atoms with E-state index in [9.17, 15) is 18.0 Å². The summed E-state index contributed by atoms with van der Waals surface area (Å²) in [7, 11) is 0. The first kappa shape index (κ1) is 15.5. The van der Waals surface area contributed by atoms with Gasteiger partial charge in [-0.05, 0) is 31.0 Å². The molecule has 0 atom stereocenters. The van der Waals surface area contributed by atoms with Crippen molar-refractivity contribution in [1.82, 2.24) is 5.32 Å². The second-order valence-electron chi connectivity index (χ2n) is 5.11.